The Morgan fingerprint density at radius 1 is 0.462 bits per heavy atom. The van der Waals surface area contributed by atoms with Crippen molar-refractivity contribution in [2.75, 3.05) is 0 Å². The molecular weight excluding hydrogens is 765 g/mol. The molecule has 0 amide bonds. The van der Waals surface area contributed by atoms with Crippen LogP contribution < -0.4 is 0 Å². The monoisotopic (exact) mass is 782 g/mol. The Morgan fingerprint density at radius 2 is 0.808 bits per heavy atom. The first-order valence-electron chi connectivity index (χ1n) is 14.1. The van der Waals surface area contributed by atoms with Crippen LogP contribution in [0.5, 0.6) is 0 Å². The third-order valence-corrected chi connectivity index (χ3v) is 10.8. The van der Waals surface area contributed by atoms with Gasteiger partial charge < -0.3 is 18.2 Å². The Bertz CT molecular complexity index is 2640. The number of benzene rings is 4. The van der Waals surface area contributed by atoms with Gasteiger partial charge in [0.25, 0.3) is 0 Å². The lowest BCUT2D eigenvalue weighted by atomic mass is 10.1. The molecule has 6 aromatic rings. The van der Waals surface area contributed by atoms with E-state index < -0.39 is 60.1 Å². The molecule has 52 heavy (non-hydrogen) atoms. The minimum absolute atomic E-state index is 0.0289. The molecule has 0 spiro atoms. The largest absolute Gasteiger partial charge is 0.744 e. The molecule has 4 aromatic carbocycles. The summed E-state index contributed by atoms with van der Waals surface area (Å²) in [6, 6.07) is 16.7. The lowest BCUT2D eigenvalue weighted by Gasteiger charge is -2.14. The lowest BCUT2D eigenvalue weighted by molar-refractivity contribution is 0.460. The van der Waals surface area contributed by atoms with Crippen molar-refractivity contribution in [1.82, 2.24) is 30.0 Å². The summed E-state index contributed by atoms with van der Waals surface area (Å²) in [7, 11) is -19.6. The van der Waals surface area contributed by atoms with E-state index in [0.717, 1.165) is 58.1 Å². The highest BCUT2D eigenvalue weighted by atomic mass is 32.2. The molecule has 0 unspecified atom stereocenters. The van der Waals surface area contributed by atoms with Crippen molar-refractivity contribution in [2.24, 2.45) is 0 Å². The second kappa shape index (κ2) is 13.3. The predicted molar refractivity (Wildman–Crippen MR) is 174 cm³/mol. The van der Waals surface area contributed by atoms with Crippen LogP contribution in [-0.2, 0) is 40.5 Å². The molecule has 2 heterocycles. The molecule has 18 nitrogen and oxygen atoms in total. The van der Waals surface area contributed by atoms with E-state index in [9.17, 15) is 51.9 Å². The first kappa shape index (κ1) is 36.3. The van der Waals surface area contributed by atoms with E-state index >= 15 is 0 Å². The van der Waals surface area contributed by atoms with Gasteiger partial charge in [-0.3, -0.25) is 0 Å². The van der Waals surface area contributed by atoms with Crippen molar-refractivity contribution in [3.05, 3.63) is 108 Å². The fourth-order valence-corrected chi connectivity index (χ4v) is 7.13. The van der Waals surface area contributed by atoms with Crippen LogP contribution in [-0.4, -0.2) is 81.9 Å². The van der Waals surface area contributed by atoms with Crippen molar-refractivity contribution in [3.8, 4) is 33.9 Å². The van der Waals surface area contributed by atoms with Crippen LogP contribution in [0.15, 0.2) is 117 Å². The summed E-state index contributed by atoms with van der Waals surface area (Å²) >= 11 is 0. The third kappa shape index (κ3) is 7.88. The summed E-state index contributed by atoms with van der Waals surface area (Å²) < 4.78 is 141. The fourth-order valence-electron chi connectivity index (χ4n) is 4.81. The van der Waals surface area contributed by atoms with Crippen LogP contribution in [0.25, 0.3) is 46.0 Å². The second-order valence-corrected chi connectivity index (χ2v) is 16.1. The molecular formula is C30H18N6O12S4-4. The SMILES string of the molecule is O=S(=O)([O-])c1ccc(-c2cnn(-c3ccc(C=Cc4ccc(-n5ncc(-c6ccc(S(=O)(=O)[O-])cc6)n5)cc4S(=O)(=O)[O-])c(S(=O)(=O)[O-])c3)n2)cc1. The Morgan fingerprint density at radius 3 is 1.12 bits per heavy atom. The summed E-state index contributed by atoms with van der Waals surface area (Å²) in [5, 5.41) is 16.5. The summed E-state index contributed by atoms with van der Waals surface area (Å²) in [5.41, 5.74) is 0.894. The highest BCUT2D eigenvalue weighted by Crippen LogP contribution is 2.27. The minimum Gasteiger partial charge on any atom is -0.744 e. The maximum Gasteiger partial charge on any atom is 0.125 e. The highest BCUT2D eigenvalue weighted by Gasteiger charge is 2.15. The molecule has 0 aliphatic carbocycles. The smallest absolute Gasteiger partial charge is 0.125 e. The van der Waals surface area contributed by atoms with Crippen molar-refractivity contribution in [3.63, 3.8) is 0 Å². The second-order valence-electron chi connectivity index (χ2n) is 10.7. The molecule has 0 aliphatic heterocycles. The number of rotatable bonds is 10. The topological polar surface area (TPSA) is 290 Å². The predicted octanol–water partition coefficient (Wildman–Crippen LogP) is 1.97. The first-order valence-corrected chi connectivity index (χ1v) is 19.8. The number of nitrogens with zero attached hydrogens (tertiary/aromatic N) is 6. The normalized spacial score (nSPS) is 12.8. The van der Waals surface area contributed by atoms with E-state index in [4.69, 9.17) is 0 Å². The van der Waals surface area contributed by atoms with Crippen LogP contribution in [0, 0.1) is 0 Å². The first-order chi connectivity index (χ1) is 24.3. The molecule has 0 fully saturated rings. The van der Waals surface area contributed by atoms with Crippen molar-refractivity contribution < 1.29 is 51.9 Å². The Kier molecular flexibility index (Phi) is 9.27. The fraction of sp³-hybridized carbons (Fsp3) is 0. The maximum absolute atomic E-state index is 12.3. The quantitative estimate of drug-likeness (QED) is 0.142. The van der Waals surface area contributed by atoms with Crippen molar-refractivity contribution in [2.45, 2.75) is 19.6 Å². The average molecular weight is 783 g/mol. The molecule has 2 aromatic heterocycles. The van der Waals surface area contributed by atoms with Gasteiger partial charge in [0.05, 0.1) is 43.4 Å². The zero-order valence-electron chi connectivity index (χ0n) is 25.6. The summed E-state index contributed by atoms with van der Waals surface area (Å²) in [6.45, 7) is 0. The van der Waals surface area contributed by atoms with Gasteiger partial charge in [-0.1, -0.05) is 48.6 Å². The van der Waals surface area contributed by atoms with Gasteiger partial charge in [-0.05, 0) is 59.7 Å². The lowest BCUT2D eigenvalue weighted by Crippen LogP contribution is -2.06. The Balaban J connectivity index is 1.29. The van der Waals surface area contributed by atoms with Crippen LogP contribution in [0.4, 0.5) is 0 Å². The third-order valence-electron chi connectivity index (χ3n) is 7.30. The van der Waals surface area contributed by atoms with Gasteiger partial charge in [-0.25, -0.2) is 33.7 Å². The number of hydrogen-bond acceptors (Lipinski definition) is 16. The molecule has 0 radical (unpaired) electrons. The Hall–Kier alpha value is -5.46. The van der Waals surface area contributed by atoms with Gasteiger partial charge in [0.1, 0.15) is 51.9 Å². The van der Waals surface area contributed by atoms with Gasteiger partial charge in [0.15, 0.2) is 0 Å². The zero-order chi connectivity index (χ0) is 37.6. The van der Waals surface area contributed by atoms with Crippen LogP contribution >= 0.6 is 0 Å². The zero-order valence-corrected chi connectivity index (χ0v) is 28.9. The molecule has 0 saturated carbocycles. The van der Waals surface area contributed by atoms with Gasteiger partial charge in [0, 0.05) is 11.1 Å². The van der Waals surface area contributed by atoms with Gasteiger partial charge >= 0.3 is 0 Å². The molecule has 22 heteroatoms. The van der Waals surface area contributed by atoms with Crippen molar-refractivity contribution in [1.29, 1.82) is 0 Å². The molecule has 0 N–H and O–H groups in total. The molecule has 0 saturated heterocycles. The number of hydrogen-bond donors (Lipinski definition) is 0. The molecule has 0 bridgehead atoms. The van der Waals surface area contributed by atoms with E-state index in [1.54, 1.807) is 0 Å². The summed E-state index contributed by atoms with van der Waals surface area (Å²) in [4.78, 5) is -0.386. The molecule has 6 rings (SSSR count). The van der Waals surface area contributed by atoms with Crippen LogP contribution in [0.2, 0.25) is 0 Å². The van der Waals surface area contributed by atoms with Crippen molar-refractivity contribution >= 4 is 52.6 Å². The standard InChI is InChI=1S/C30H22N6O12S4/c37-49(38,39)25-11-5-19(6-12-25)27-17-31-35(33-27)23-9-3-21(29(15-23)51(43,44)45)1-2-22-4-10-24(16-30(22)52(46,47)48)36-32-18-28(34-36)20-7-13-26(14-8-20)50(40,41)42/h1-18H,(H,37,38,39)(H,40,41,42)(H,43,44,45)(H,46,47,48)/p-4. The van der Waals surface area contributed by atoms with Crippen LogP contribution in [0.3, 0.4) is 0 Å². The Labute approximate surface area is 295 Å². The van der Waals surface area contributed by atoms with Gasteiger partial charge in [-0.15, -0.1) is 10.2 Å². The van der Waals surface area contributed by atoms with E-state index in [0.29, 0.717) is 11.1 Å². The molecule has 0 atom stereocenters. The summed E-state index contributed by atoms with van der Waals surface area (Å²) in [6.07, 6.45) is 4.77. The highest BCUT2D eigenvalue weighted by molar-refractivity contribution is 7.86. The van der Waals surface area contributed by atoms with E-state index in [1.165, 1.54) is 60.9 Å². The molecule has 268 valence electrons. The molecule has 0 aliphatic rings. The van der Waals surface area contributed by atoms with Crippen LogP contribution in [0.1, 0.15) is 11.1 Å². The van der Waals surface area contributed by atoms with E-state index in [1.807, 2.05) is 0 Å². The van der Waals surface area contributed by atoms with Gasteiger partial charge in [-0.2, -0.15) is 19.8 Å². The average Bonchev–Trinajstić information content (AvgIpc) is 3.77. The number of aromatic nitrogens is 6. The minimum atomic E-state index is -5.15. The maximum atomic E-state index is 12.3. The van der Waals surface area contributed by atoms with E-state index in [-0.39, 0.29) is 33.9 Å². The summed E-state index contributed by atoms with van der Waals surface area (Å²) in [5.74, 6) is 0. The van der Waals surface area contributed by atoms with Gasteiger partial charge in [0.2, 0.25) is 0 Å². The van der Waals surface area contributed by atoms with E-state index in [2.05, 4.69) is 20.4 Å².